The minimum atomic E-state index is -0.708. The van der Waals surface area contributed by atoms with E-state index in [4.69, 9.17) is 5.11 Å². The van der Waals surface area contributed by atoms with Crippen LogP contribution in [0.1, 0.15) is 39.0 Å². The van der Waals surface area contributed by atoms with Gasteiger partial charge in [0.1, 0.15) is 0 Å². The van der Waals surface area contributed by atoms with Crippen molar-refractivity contribution in [3.63, 3.8) is 0 Å². The van der Waals surface area contributed by atoms with Crippen LogP contribution in [0.3, 0.4) is 0 Å². The van der Waals surface area contributed by atoms with E-state index in [9.17, 15) is 9.59 Å². The number of carbonyl (C=O) groups is 2. The molecular formula is C11H19NO3. The first-order chi connectivity index (χ1) is 7.08. The van der Waals surface area contributed by atoms with Crippen LogP contribution in [0, 0.1) is 11.8 Å². The van der Waals surface area contributed by atoms with Crippen LogP contribution in [0.5, 0.6) is 0 Å². The monoisotopic (exact) mass is 213 g/mol. The number of nitrogens with one attached hydrogen (secondary N) is 1. The molecular weight excluding hydrogens is 194 g/mol. The third-order valence-electron chi connectivity index (χ3n) is 3.06. The molecule has 0 bridgehead atoms. The lowest BCUT2D eigenvalue weighted by Crippen LogP contribution is -2.25. The first-order valence-electron chi connectivity index (χ1n) is 5.54. The van der Waals surface area contributed by atoms with Gasteiger partial charge in [-0.2, -0.15) is 0 Å². The summed E-state index contributed by atoms with van der Waals surface area (Å²) in [6.45, 7) is 2.27. The summed E-state index contributed by atoms with van der Waals surface area (Å²) in [5.41, 5.74) is 0. The van der Waals surface area contributed by atoms with Crippen LogP contribution in [0.25, 0.3) is 0 Å². The Balaban J connectivity index is 2.15. The Morgan fingerprint density at radius 2 is 2.00 bits per heavy atom. The van der Waals surface area contributed by atoms with Gasteiger partial charge in [-0.15, -0.1) is 0 Å². The van der Waals surface area contributed by atoms with Gasteiger partial charge in [-0.05, 0) is 31.1 Å². The number of hydrogen-bond donors (Lipinski definition) is 2. The maximum atomic E-state index is 10.7. The van der Waals surface area contributed by atoms with Crippen LogP contribution < -0.4 is 5.32 Å². The number of carboxylic acid groups (broad SMARTS) is 1. The molecule has 0 spiro atoms. The van der Waals surface area contributed by atoms with Crippen LogP contribution in [0.15, 0.2) is 0 Å². The molecule has 0 saturated heterocycles. The molecule has 15 heavy (non-hydrogen) atoms. The Hall–Kier alpha value is -1.06. The minimum Gasteiger partial charge on any atom is -0.481 e. The van der Waals surface area contributed by atoms with Gasteiger partial charge in [0.25, 0.3) is 0 Å². The van der Waals surface area contributed by atoms with Gasteiger partial charge >= 0.3 is 5.97 Å². The van der Waals surface area contributed by atoms with Crippen LogP contribution in [0.2, 0.25) is 0 Å². The molecule has 1 amide bonds. The van der Waals surface area contributed by atoms with Crippen molar-refractivity contribution in [2.24, 2.45) is 11.8 Å². The van der Waals surface area contributed by atoms with Crippen LogP contribution in [0.4, 0.5) is 0 Å². The Morgan fingerprint density at radius 3 is 2.60 bits per heavy atom. The normalized spacial score (nSPS) is 25.1. The molecule has 0 aliphatic heterocycles. The molecule has 0 aromatic heterocycles. The van der Waals surface area contributed by atoms with E-state index in [0.29, 0.717) is 11.8 Å². The minimum absolute atomic E-state index is 0.0176. The van der Waals surface area contributed by atoms with Crippen LogP contribution >= 0.6 is 0 Å². The van der Waals surface area contributed by atoms with Crippen LogP contribution in [-0.4, -0.2) is 23.5 Å². The van der Waals surface area contributed by atoms with Crippen LogP contribution in [-0.2, 0) is 9.59 Å². The summed E-state index contributed by atoms with van der Waals surface area (Å²) in [5.74, 6) is 0.400. The summed E-state index contributed by atoms with van der Waals surface area (Å²) < 4.78 is 0. The van der Waals surface area contributed by atoms with Gasteiger partial charge in [-0.1, -0.05) is 6.42 Å². The van der Waals surface area contributed by atoms with E-state index in [-0.39, 0.29) is 12.3 Å². The first kappa shape index (κ1) is 12.0. The van der Waals surface area contributed by atoms with Crippen molar-refractivity contribution in [1.82, 2.24) is 5.32 Å². The molecule has 2 unspecified atom stereocenters. The highest BCUT2D eigenvalue weighted by Gasteiger charge is 2.24. The molecule has 0 heterocycles. The zero-order valence-electron chi connectivity index (χ0n) is 9.16. The molecule has 1 aliphatic rings. The average molecular weight is 213 g/mol. The lowest BCUT2D eigenvalue weighted by Gasteiger charge is -2.10. The van der Waals surface area contributed by atoms with E-state index in [1.165, 1.54) is 6.92 Å². The third-order valence-corrected chi connectivity index (χ3v) is 3.06. The van der Waals surface area contributed by atoms with E-state index in [1.54, 1.807) is 0 Å². The molecule has 0 radical (unpaired) electrons. The Labute approximate surface area is 90.0 Å². The zero-order valence-corrected chi connectivity index (χ0v) is 9.16. The number of aliphatic carboxylic acids is 1. The van der Waals surface area contributed by atoms with Crippen molar-refractivity contribution in [2.75, 3.05) is 6.54 Å². The lowest BCUT2D eigenvalue weighted by molar-refractivity contribution is -0.137. The van der Waals surface area contributed by atoms with Crippen molar-refractivity contribution in [3.05, 3.63) is 0 Å². The summed E-state index contributed by atoms with van der Waals surface area (Å²) in [6, 6.07) is 0. The molecule has 4 nitrogen and oxygen atoms in total. The molecule has 2 atom stereocenters. The van der Waals surface area contributed by atoms with E-state index in [1.807, 2.05) is 0 Å². The smallest absolute Gasteiger partial charge is 0.303 e. The molecule has 86 valence electrons. The van der Waals surface area contributed by atoms with Gasteiger partial charge in [0, 0.05) is 19.9 Å². The maximum absolute atomic E-state index is 10.7. The molecule has 1 rings (SSSR count). The Bertz CT molecular complexity index is 216. The molecule has 1 fully saturated rings. The van der Waals surface area contributed by atoms with Gasteiger partial charge < -0.3 is 10.4 Å². The summed E-state index contributed by atoms with van der Waals surface area (Å²) in [7, 11) is 0. The van der Waals surface area contributed by atoms with Gasteiger partial charge in [-0.3, -0.25) is 9.59 Å². The number of carboxylic acids is 1. The van der Waals surface area contributed by atoms with Gasteiger partial charge in [0.05, 0.1) is 0 Å². The SMILES string of the molecule is CC(=O)NCC1CCC(CCC(=O)O)C1. The van der Waals surface area contributed by atoms with E-state index in [2.05, 4.69) is 5.32 Å². The summed E-state index contributed by atoms with van der Waals surface area (Å²) in [6.07, 6.45) is 4.35. The maximum Gasteiger partial charge on any atom is 0.303 e. The molecule has 0 aromatic carbocycles. The first-order valence-corrected chi connectivity index (χ1v) is 5.54. The Morgan fingerprint density at radius 1 is 1.33 bits per heavy atom. The van der Waals surface area contributed by atoms with Gasteiger partial charge in [-0.25, -0.2) is 0 Å². The second-order valence-electron chi connectivity index (χ2n) is 4.41. The number of carbonyl (C=O) groups excluding carboxylic acids is 1. The highest BCUT2D eigenvalue weighted by molar-refractivity contribution is 5.72. The predicted molar refractivity (Wildman–Crippen MR) is 56.4 cm³/mol. The van der Waals surface area contributed by atoms with Crippen molar-refractivity contribution < 1.29 is 14.7 Å². The summed E-state index contributed by atoms with van der Waals surface area (Å²) >= 11 is 0. The number of amides is 1. The van der Waals surface area contributed by atoms with Crippen molar-refractivity contribution >= 4 is 11.9 Å². The average Bonchev–Trinajstić information content (AvgIpc) is 2.59. The fourth-order valence-corrected chi connectivity index (χ4v) is 2.24. The highest BCUT2D eigenvalue weighted by Crippen LogP contribution is 2.33. The molecule has 0 aromatic rings. The fraction of sp³-hybridized carbons (Fsp3) is 0.818. The largest absolute Gasteiger partial charge is 0.481 e. The zero-order chi connectivity index (χ0) is 11.3. The van der Waals surface area contributed by atoms with E-state index < -0.39 is 5.97 Å². The second-order valence-corrected chi connectivity index (χ2v) is 4.41. The topological polar surface area (TPSA) is 66.4 Å². The third kappa shape index (κ3) is 4.81. The Kier molecular flexibility index (Phi) is 4.59. The number of rotatable bonds is 5. The second kappa shape index (κ2) is 5.73. The van der Waals surface area contributed by atoms with Crippen molar-refractivity contribution in [1.29, 1.82) is 0 Å². The van der Waals surface area contributed by atoms with Gasteiger partial charge in [0.15, 0.2) is 0 Å². The molecule has 2 N–H and O–H groups in total. The predicted octanol–water partition coefficient (Wildman–Crippen LogP) is 1.40. The van der Waals surface area contributed by atoms with E-state index in [0.717, 1.165) is 32.2 Å². The lowest BCUT2D eigenvalue weighted by atomic mass is 10.00. The molecule has 1 saturated carbocycles. The summed E-state index contributed by atoms with van der Waals surface area (Å²) in [5, 5.41) is 11.4. The quantitative estimate of drug-likeness (QED) is 0.725. The van der Waals surface area contributed by atoms with E-state index >= 15 is 0 Å². The molecule has 4 heteroatoms. The summed E-state index contributed by atoms with van der Waals surface area (Å²) in [4.78, 5) is 21.1. The number of hydrogen-bond acceptors (Lipinski definition) is 2. The highest BCUT2D eigenvalue weighted by atomic mass is 16.4. The van der Waals surface area contributed by atoms with Crippen molar-refractivity contribution in [3.8, 4) is 0 Å². The fourth-order valence-electron chi connectivity index (χ4n) is 2.24. The molecule has 1 aliphatic carbocycles. The standard InChI is InChI=1S/C11H19NO3/c1-8(13)12-7-10-3-2-9(6-10)4-5-11(14)15/h9-10H,2-7H2,1H3,(H,12,13)(H,14,15). The van der Waals surface area contributed by atoms with Gasteiger partial charge in [0.2, 0.25) is 5.91 Å². The van der Waals surface area contributed by atoms with Crippen molar-refractivity contribution in [2.45, 2.75) is 39.0 Å².